The van der Waals surface area contributed by atoms with Crippen molar-refractivity contribution in [1.29, 1.82) is 0 Å². The van der Waals surface area contributed by atoms with E-state index in [0.29, 0.717) is 36.9 Å². The number of carbonyl (C=O) groups excluding carboxylic acids is 2. The summed E-state index contributed by atoms with van der Waals surface area (Å²) >= 11 is 1.18. The highest BCUT2D eigenvalue weighted by Gasteiger charge is 2.29. The summed E-state index contributed by atoms with van der Waals surface area (Å²) in [5, 5.41) is 3.24. The van der Waals surface area contributed by atoms with Gasteiger partial charge in [-0.1, -0.05) is 0 Å². The number of carbonyl (C=O) groups is 2. The fourth-order valence-electron chi connectivity index (χ4n) is 2.01. The fourth-order valence-corrected chi connectivity index (χ4v) is 3.20. The van der Waals surface area contributed by atoms with Gasteiger partial charge in [0.15, 0.2) is 0 Å². The van der Waals surface area contributed by atoms with Crippen molar-refractivity contribution in [3.05, 3.63) is 10.4 Å². The normalized spacial score (nSPS) is 15.0. The van der Waals surface area contributed by atoms with E-state index in [1.165, 1.54) is 25.5 Å². The minimum atomic E-state index is -0.530. The largest absolute Gasteiger partial charge is 0.465 e. The van der Waals surface area contributed by atoms with Gasteiger partial charge in [-0.15, -0.1) is 11.3 Å². The first-order chi connectivity index (χ1) is 9.60. The topological polar surface area (TPSA) is 93.9 Å². The lowest BCUT2D eigenvalue weighted by atomic mass is 10.2. The molecule has 1 amide bonds. The molecule has 0 radical (unpaired) electrons. The van der Waals surface area contributed by atoms with Gasteiger partial charge in [0.2, 0.25) is 0 Å². The molecule has 0 aliphatic carbocycles. The lowest BCUT2D eigenvalue weighted by Crippen LogP contribution is -2.37. The van der Waals surface area contributed by atoms with Crippen LogP contribution in [0.5, 0.6) is 0 Å². The number of nitrogens with zero attached hydrogens (tertiary/aromatic N) is 1. The van der Waals surface area contributed by atoms with Crippen molar-refractivity contribution in [3.63, 3.8) is 0 Å². The molecule has 0 unspecified atom stereocenters. The third kappa shape index (κ3) is 2.56. The van der Waals surface area contributed by atoms with Crippen LogP contribution in [0.3, 0.4) is 0 Å². The third-order valence-corrected chi connectivity index (χ3v) is 4.30. The molecule has 0 aromatic carbocycles. The molecule has 1 aliphatic heterocycles. The van der Waals surface area contributed by atoms with Gasteiger partial charge < -0.3 is 25.4 Å². The number of nitrogens with two attached hydrogens (primary N) is 1. The maximum absolute atomic E-state index is 12.0. The molecule has 1 aliphatic rings. The van der Waals surface area contributed by atoms with Crippen molar-refractivity contribution in [2.24, 2.45) is 0 Å². The Balaban J connectivity index is 2.47. The monoisotopic (exact) mass is 299 g/mol. The van der Waals surface area contributed by atoms with Crippen molar-refractivity contribution in [2.75, 3.05) is 51.1 Å². The smallest absolute Gasteiger partial charge is 0.350 e. The van der Waals surface area contributed by atoms with E-state index in [1.54, 1.807) is 0 Å². The number of amides is 1. The molecule has 0 spiro atoms. The predicted octanol–water partition coefficient (Wildman–Crippen LogP) is 0.313. The van der Waals surface area contributed by atoms with E-state index in [4.69, 9.17) is 15.2 Å². The molecule has 0 atom stereocenters. The number of methoxy groups -OCH3 is 1. The first-order valence-electron chi connectivity index (χ1n) is 6.15. The van der Waals surface area contributed by atoms with Crippen LogP contribution in [0, 0.1) is 0 Å². The Bertz CT molecular complexity index is 523. The molecule has 1 aromatic heterocycles. The van der Waals surface area contributed by atoms with Crippen LogP contribution in [-0.4, -0.2) is 52.3 Å². The van der Waals surface area contributed by atoms with Gasteiger partial charge in [-0.2, -0.15) is 0 Å². The summed E-state index contributed by atoms with van der Waals surface area (Å²) in [6.45, 7) is 2.48. The number of nitrogens with one attached hydrogen (secondary N) is 1. The first kappa shape index (κ1) is 14.6. The summed E-state index contributed by atoms with van der Waals surface area (Å²) in [7, 11) is 2.82. The van der Waals surface area contributed by atoms with E-state index in [9.17, 15) is 9.59 Å². The SMILES string of the molecule is CNC(=O)c1c(N2CCOCC2)sc(C(=O)OC)c1N. The zero-order valence-electron chi connectivity index (χ0n) is 11.4. The van der Waals surface area contributed by atoms with Crippen LogP contribution in [0.4, 0.5) is 10.7 Å². The summed E-state index contributed by atoms with van der Waals surface area (Å²) in [5.74, 6) is -0.840. The number of thiophene rings is 1. The Kier molecular flexibility index (Phi) is 4.46. The summed E-state index contributed by atoms with van der Waals surface area (Å²) < 4.78 is 10.00. The lowest BCUT2D eigenvalue weighted by molar-refractivity contribution is 0.0607. The van der Waals surface area contributed by atoms with Gasteiger partial charge in [0.05, 0.1) is 31.6 Å². The molecule has 0 saturated carbocycles. The molecule has 1 aromatic rings. The molecule has 110 valence electrons. The van der Waals surface area contributed by atoms with Crippen LogP contribution in [0.1, 0.15) is 20.0 Å². The molecule has 1 saturated heterocycles. The second-order valence-electron chi connectivity index (χ2n) is 4.20. The van der Waals surface area contributed by atoms with E-state index in [0.717, 1.165) is 0 Å². The highest BCUT2D eigenvalue weighted by Crippen LogP contribution is 2.39. The summed E-state index contributed by atoms with van der Waals surface area (Å²) in [6, 6.07) is 0. The molecule has 20 heavy (non-hydrogen) atoms. The summed E-state index contributed by atoms with van der Waals surface area (Å²) in [5.41, 5.74) is 6.46. The summed E-state index contributed by atoms with van der Waals surface area (Å²) in [4.78, 5) is 26.0. The van der Waals surface area contributed by atoms with E-state index in [2.05, 4.69) is 5.32 Å². The zero-order valence-corrected chi connectivity index (χ0v) is 12.2. The third-order valence-electron chi connectivity index (χ3n) is 3.05. The number of hydrogen-bond acceptors (Lipinski definition) is 7. The molecule has 8 heteroatoms. The van der Waals surface area contributed by atoms with Crippen LogP contribution >= 0.6 is 11.3 Å². The highest BCUT2D eigenvalue weighted by molar-refractivity contribution is 7.19. The van der Waals surface area contributed by atoms with Crippen molar-refractivity contribution < 1.29 is 19.1 Å². The molecule has 0 bridgehead atoms. The number of morpholine rings is 1. The van der Waals surface area contributed by atoms with Gasteiger partial charge in [0.1, 0.15) is 9.88 Å². The Hall–Kier alpha value is -1.80. The van der Waals surface area contributed by atoms with Crippen LogP contribution in [0.15, 0.2) is 0 Å². The maximum atomic E-state index is 12.0. The van der Waals surface area contributed by atoms with Crippen molar-refractivity contribution in [3.8, 4) is 0 Å². The van der Waals surface area contributed by atoms with Gasteiger partial charge in [-0.25, -0.2) is 4.79 Å². The van der Waals surface area contributed by atoms with Crippen LogP contribution in [0.25, 0.3) is 0 Å². The second-order valence-corrected chi connectivity index (χ2v) is 5.19. The van der Waals surface area contributed by atoms with Crippen LogP contribution in [0.2, 0.25) is 0 Å². The first-order valence-corrected chi connectivity index (χ1v) is 6.97. The van der Waals surface area contributed by atoms with Gasteiger partial charge >= 0.3 is 5.97 Å². The van der Waals surface area contributed by atoms with Crippen molar-refractivity contribution in [2.45, 2.75) is 0 Å². The average molecular weight is 299 g/mol. The Morgan fingerprint density at radius 1 is 1.40 bits per heavy atom. The van der Waals surface area contributed by atoms with Gasteiger partial charge in [0.25, 0.3) is 5.91 Å². The molecule has 1 fully saturated rings. The van der Waals surface area contributed by atoms with Gasteiger partial charge in [0, 0.05) is 20.1 Å². The molecule has 2 heterocycles. The molecule has 2 rings (SSSR count). The minimum Gasteiger partial charge on any atom is -0.465 e. The predicted molar refractivity (Wildman–Crippen MR) is 76.5 cm³/mol. The maximum Gasteiger partial charge on any atom is 0.350 e. The van der Waals surface area contributed by atoms with Crippen LogP contribution in [-0.2, 0) is 9.47 Å². The quantitative estimate of drug-likeness (QED) is 0.780. The molecular weight excluding hydrogens is 282 g/mol. The molecular formula is C12H17N3O4S. The van der Waals surface area contributed by atoms with E-state index >= 15 is 0 Å². The summed E-state index contributed by atoms with van der Waals surface area (Å²) in [6.07, 6.45) is 0. The molecule has 3 N–H and O–H groups in total. The van der Waals surface area contributed by atoms with E-state index in [-0.39, 0.29) is 16.5 Å². The molecule has 7 nitrogen and oxygen atoms in total. The standard InChI is InChI=1S/C12H17N3O4S/c1-14-10(16)7-8(13)9(12(17)18-2)20-11(7)15-3-5-19-6-4-15/h3-6,13H2,1-2H3,(H,14,16). The lowest BCUT2D eigenvalue weighted by Gasteiger charge is -2.28. The number of esters is 1. The number of rotatable bonds is 3. The Morgan fingerprint density at radius 3 is 2.60 bits per heavy atom. The highest BCUT2D eigenvalue weighted by atomic mass is 32.1. The van der Waals surface area contributed by atoms with E-state index in [1.807, 2.05) is 4.90 Å². The number of ether oxygens (including phenoxy) is 2. The van der Waals surface area contributed by atoms with E-state index < -0.39 is 5.97 Å². The van der Waals surface area contributed by atoms with Crippen molar-refractivity contribution >= 4 is 33.9 Å². The van der Waals surface area contributed by atoms with Crippen molar-refractivity contribution in [1.82, 2.24) is 5.32 Å². The van der Waals surface area contributed by atoms with Gasteiger partial charge in [-0.05, 0) is 0 Å². The Labute approximate surface area is 120 Å². The minimum absolute atomic E-state index is 0.169. The average Bonchev–Trinajstić information content (AvgIpc) is 2.84. The fraction of sp³-hybridized carbons (Fsp3) is 0.500. The number of nitrogen functional groups attached to an aromatic ring is 1. The Morgan fingerprint density at radius 2 is 2.05 bits per heavy atom. The number of anilines is 2. The van der Waals surface area contributed by atoms with Gasteiger partial charge in [-0.3, -0.25) is 4.79 Å². The second kappa shape index (κ2) is 6.10. The van der Waals surface area contributed by atoms with Crippen LogP contribution < -0.4 is 16.0 Å². The zero-order chi connectivity index (χ0) is 14.7. The number of hydrogen-bond donors (Lipinski definition) is 2.